The summed E-state index contributed by atoms with van der Waals surface area (Å²) in [7, 11) is 1.39. The average molecular weight is 264 g/mol. The molecule has 1 fully saturated rings. The van der Waals surface area contributed by atoms with E-state index in [1.807, 2.05) is 0 Å². The summed E-state index contributed by atoms with van der Waals surface area (Å²) in [5.41, 5.74) is 0.597. The van der Waals surface area contributed by atoms with Crippen molar-refractivity contribution in [2.75, 3.05) is 19.0 Å². The highest BCUT2D eigenvalue weighted by molar-refractivity contribution is 5.97. The van der Waals surface area contributed by atoms with Gasteiger partial charge in [-0.2, -0.15) is 0 Å². The average Bonchev–Trinajstić information content (AvgIpc) is 2.92. The van der Waals surface area contributed by atoms with E-state index in [4.69, 9.17) is 9.84 Å². The first-order chi connectivity index (χ1) is 9.11. The number of carboxylic acid groups (broad SMARTS) is 1. The summed E-state index contributed by atoms with van der Waals surface area (Å²) < 4.78 is 5.01. The first-order valence-corrected chi connectivity index (χ1v) is 6.07. The number of aromatic carboxylic acids is 1. The van der Waals surface area contributed by atoms with E-state index in [2.05, 4.69) is 10.6 Å². The number of hydrogen-bond acceptors (Lipinski definition) is 4. The molecule has 1 atom stereocenters. The molecule has 0 unspecified atom stereocenters. The van der Waals surface area contributed by atoms with Gasteiger partial charge in [0.15, 0.2) is 0 Å². The minimum absolute atomic E-state index is 0.0690. The Balaban J connectivity index is 2.12. The van der Waals surface area contributed by atoms with Gasteiger partial charge in [0, 0.05) is 11.8 Å². The van der Waals surface area contributed by atoms with E-state index in [1.54, 1.807) is 6.07 Å². The molecule has 0 spiro atoms. The molecular weight excluding hydrogens is 248 g/mol. The molecule has 6 nitrogen and oxygen atoms in total. The zero-order chi connectivity index (χ0) is 13.8. The van der Waals surface area contributed by atoms with Gasteiger partial charge in [0.1, 0.15) is 11.3 Å². The van der Waals surface area contributed by atoms with Gasteiger partial charge in [-0.3, -0.25) is 4.79 Å². The smallest absolute Gasteiger partial charge is 0.339 e. The Hall–Kier alpha value is -2.08. The zero-order valence-corrected chi connectivity index (χ0v) is 10.6. The molecule has 0 bridgehead atoms. The van der Waals surface area contributed by atoms with Crippen LogP contribution in [-0.2, 0) is 4.79 Å². The topological polar surface area (TPSA) is 87.7 Å². The van der Waals surface area contributed by atoms with Gasteiger partial charge in [-0.1, -0.05) is 0 Å². The number of carbonyl (C=O) groups is 2. The number of amides is 1. The van der Waals surface area contributed by atoms with Crippen molar-refractivity contribution < 1.29 is 19.4 Å². The van der Waals surface area contributed by atoms with E-state index in [0.717, 1.165) is 19.4 Å². The predicted octanol–water partition coefficient (Wildman–Crippen LogP) is 1.08. The minimum atomic E-state index is -1.06. The van der Waals surface area contributed by atoms with Crippen LogP contribution in [0.4, 0.5) is 5.69 Å². The van der Waals surface area contributed by atoms with E-state index in [0.29, 0.717) is 5.69 Å². The number of ether oxygens (including phenoxy) is 1. The van der Waals surface area contributed by atoms with Crippen LogP contribution in [0.1, 0.15) is 23.2 Å². The molecule has 1 saturated heterocycles. The first kappa shape index (κ1) is 13.4. The zero-order valence-electron chi connectivity index (χ0n) is 10.6. The predicted molar refractivity (Wildman–Crippen MR) is 69.6 cm³/mol. The van der Waals surface area contributed by atoms with Crippen LogP contribution in [-0.4, -0.2) is 36.7 Å². The number of benzene rings is 1. The third-order valence-corrected chi connectivity index (χ3v) is 3.08. The van der Waals surface area contributed by atoms with Crippen molar-refractivity contribution in [2.45, 2.75) is 18.9 Å². The normalized spacial score (nSPS) is 18.1. The van der Waals surface area contributed by atoms with Crippen LogP contribution in [0.2, 0.25) is 0 Å². The Morgan fingerprint density at radius 2 is 2.26 bits per heavy atom. The van der Waals surface area contributed by atoms with Crippen molar-refractivity contribution in [1.82, 2.24) is 5.32 Å². The number of rotatable bonds is 4. The van der Waals surface area contributed by atoms with Crippen LogP contribution < -0.4 is 15.4 Å². The second-order valence-electron chi connectivity index (χ2n) is 4.36. The maximum Gasteiger partial charge on any atom is 0.339 e. The van der Waals surface area contributed by atoms with Crippen LogP contribution in [0.15, 0.2) is 18.2 Å². The summed E-state index contributed by atoms with van der Waals surface area (Å²) in [5, 5.41) is 14.8. The van der Waals surface area contributed by atoms with Crippen LogP contribution in [0.5, 0.6) is 5.75 Å². The van der Waals surface area contributed by atoms with Gasteiger partial charge in [0.05, 0.1) is 13.2 Å². The van der Waals surface area contributed by atoms with Crippen molar-refractivity contribution in [1.29, 1.82) is 0 Å². The maximum absolute atomic E-state index is 11.9. The number of carboxylic acids is 1. The highest BCUT2D eigenvalue weighted by Crippen LogP contribution is 2.23. The molecule has 102 valence electrons. The van der Waals surface area contributed by atoms with Gasteiger partial charge in [-0.05, 0) is 31.5 Å². The Morgan fingerprint density at radius 1 is 1.47 bits per heavy atom. The molecule has 3 N–H and O–H groups in total. The van der Waals surface area contributed by atoms with Crippen LogP contribution in [0.25, 0.3) is 0 Å². The van der Waals surface area contributed by atoms with Gasteiger partial charge in [0.2, 0.25) is 5.91 Å². The SMILES string of the molecule is COc1cc(NC(=O)[C@@H]2CCCN2)ccc1C(=O)O. The highest BCUT2D eigenvalue weighted by Gasteiger charge is 2.22. The lowest BCUT2D eigenvalue weighted by molar-refractivity contribution is -0.117. The molecule has 0 aliphatic carbocycles. The Kier molecular flexibility index (Phi) is 4.01. The summed E-state index contributed by atoms with van der Waals surface area (Å²) in [5.74, 6) is -0.945. The van der Waals surface area contributed by atoms with Crippen molar-refractivity contribution in [3.63, 3.8) is 0 Å². The lowest BCUT2D eigenvalue weighted by Gasteiger charge is -2.12. The minimum Gasteiger partial charge on any atom is -0.496 e. The van der Waals surface area contributed by atoms with Crippen molar-refractivity contribution in [2.24, 2.45) is 0 Å². The highest BCUT2D eigenvalue weighted by atomic mass is 16.5. The first-order valence-electron chi connectivity index (χ1n) is 6.07. The molecule has 1 aromatic rings. The van der Waals surface area contributed by atoms with E-state index >= 15 is 0 Å². The largest absolute Gasteiger partial charge is 0.496 e. The molecule has 1 amide bonds. The molecule has 6 heteroatoms. The number of nitrogens with one attached hydrogen (secondary N) is 2. The van der Waals surface area contributed by atoms with Crippen molar-refractivity contribution >= 4 is 17.6 Å². The number of anilines is 1. The standard InChI is InChI=1S/C13H16N2O4/c1-19-11-7-8(4-5-9(11)13(17)18)15-12(16)10-3-2-6-14-10/h4-5,7,10,14H,2-3,6H2,1H3,(H,15,16)(H,17,18)/t10-/m0/s1. The van der Waals surface area contributed by atoms with E-state index in [-0.39, 0.29) is 23.3 Å². The monoisotopic (exact) mass is 264 g/mol. The summed E-state index contributed by atoms with van der Waals surface area (Å²) in [6.45, 7) is 0.847. The fourth-order valence-electron chi connectivity index (χ4n) is 2.08. The maximum atomic E-state index is 11.9. The molecule has 1 aliphatic heterocycles. The quantitative estimate of drug-likeness (QED) is 0.757. The van der Waals surface area contributed by atoms with E-state index in [9.17, 15) is 9.59 Å². The van der Waals surface area contributed by atoms with E-state index < -0.39 is 5.97 Å². The fraction of sp³-hybridized carbons (Fsp3) is 0.385. The molecule has 0 saturated carbocycles. The van der Waals surface area contributed by atoms with Crippen molar-refractivity contribution in [3.8, 4) is 5.75 Å². The number of hydrogen-bond donors (Lipinski definition) is 3. The second kappa shape index (κ2) is 5.71. The van der Waals surface area contributed by atoms with Crippen molar-refractivity contribution in [3.05, 3.63) is 23.8 Å². The third kappa shape index (κ3) is 3.03. The molecule has 19 heavy (non-hydrogen) atoms. The Bertz CT molecular complexity index is 495. The van der Waals surface area contributed by atoms with Gasteiger partial charge < -0.3 is 20.5 Å². The molecule has 1 aromatic carbocycles. The van der Waals surface area contributed by atoms with Crippen LogP contribution >= 0.6 is 0 Å². The molecule has 0 radical (unpaired) electrons. The summed E-state index contributed by atoms with van der Waals surface area (Å²) in [6, 6.07) is 4.30. The van der Waals surface area contributed by atoms with Gasteiger partial charge in [-0.15, -0.1) is 0 Å². The summed E-state index contributed by atoms with van der Waals surface area (Å²) >= 11 is 0. The number of carbonyl (C=O) groups excluding carboxylic acids is 1. The van der Waals surface area contributed by atoms with E-state index in [1.165, 1.54) is 19.2 Å². The van der Waals surface area contributed by atoms with Gasteiger partial charge in [0.25, 0.3) is 0 Å². The number of methoxy groups -OCH3 is 1. The molecular formula is C13H16N2O4. The molecule has 2 rings (SSSR count). The summed E-state index contributed by atoms with van der Waals surface area (Å²) in [6.07, 6.45) is 1.80. The molecule has 1 aliphatic rings. The molecule has 1 heterocycles. The Morgan fingerprint density at radius 3 is 2.84 bits per heavy atom. The summed E-state index contributed by atoms with van der Waals surface area (Å²) in [4.78, 5) is 22.8. The van der Waals surface area contributed by atoms with Crippen LogP contribution in [0.3, 0.4) is 0 Å². The van der Waals surface area contributed by atoms with Gasteiger partial charge in [-0.25, -0.2) is 4.79 Å². The Labute approximate surface area is 110 Å². The lowest BCUT2D eigenvalue weighted by Crippen LogP contribution is -2.35. The second-order valence-corrected chi connectivity index (χ2v) is 4.36. The fourth-order valence-corrected chi connectivity index (χ4v) is 2.08. The molecule has 0 aromatic heterocycles. The van der Waals surface area contributed by atoms with Crippen LogP contribution in [0, 0.1) is 0 Å². The lowest BCUT2D eigenvalue weighted by atomic mass is 10.1. The van der Waals surface area contributed by atoms with Gasteiger partial charge >= 0.3 is 5.97 Å². The third-order valence-electron chi connectivity index (χ3n) is 3.08.